The van der Waals surface area contributed by atoms with Gasteiger partial charge in [0.05, 0.1) is 7.11 Å². The van der Waals surface area contributed by atoms with Gasteiger partial charge in [0.2, 0.25) is 5.88 Å². The first kappa shape index (κ1) is 16.7. The van der Waals surface area contributed by atoms with Crippen LogP contribution in [0.2, 0.25) is 0 Å². The maximum absolute atomic E-state index is 13.4. The van der Waals surface area contributed by atoms with Crippen LogP contribution in [0.3, 0.4) is 0 Å². The molecule has 6 nitrogen and oxygen atoms in total. The molecule has 0 radical (unpaired) electrons. The van der Waals surface area contributed by atoms with Gasteiger partial charge in [-0.25, -0.2) is 9.37 Å². The van der Waals surface area contributed by atoms with E-state index in [0.29, 0.717) is 29.3 Å². The zero-order chi connectivity index (χ0) is 19.3. The number of aliphatic hydroxyl groups excluding tert-OH is 1. The van der Waals surface area contributed by atoms with E-state index < -0.39 is 6.23 Å². The number of halogens is 1. The standard InChI is InChI=1S/C21H17FN4O2/c1-28-19-9-8-17-21(25-19)26(20(24-17)12-2-4-14(22)5-3-12)15-6-7-16-13(10-15)11-18(27)23-16/h2-10,18,23,27H,11H2,1H3. The summed E-state index contributed by atoms with van der Waals surface area (Å²) in [6.07, 6.45) is -0.0575. The molecule has 5 rings (SSSR count). The first-order valence-corrected chi connectivity index (χ1v) is 8.90. The van der Waals surface area contributed by atoms with Crippen LogP contribution < -0.4 is 10.1 Å². The molecule has 1 aliphatic heterocycles. The first-order chi connectivity index (χ1) is 13.6. The van der Waals surface area contributed by atoms with Crippen molar-refractivity contribution in [1.82, 2.24) is 14.5 Å². The van der Waals surface area contributed by atoms with E-state index in [1.165, 1.54) is 12.1 Å². The Bertz CT molecular complexity index is 1190. The van der Waals surface area contributed by atoms with Gasteiger partial charge in [0, 0.05) is 29.4 Å². The summed E-state index contributed by atoms with van der Waals surface area (Å²) in [5.41, 5.74) is 4.91. The maximum Gasteiger partial charge on any atom is 0.215 e. The zero-order valence-electron chi connectivity index (χ0n) is 15.1. The van der Waals surface area contributed by atoms with Crippen molar-refractivity contribution in [1.29, 1.82) is 0 Å². The van der Waals surface area contributed by atoms with Gasteiger partial charge < -0.3 is 15.2 Å². The average Bonchev–Trinajstić information content (AvgIpc) is 3.26. The molecule has 0 fully saturated rings. The van der Waals surface area contributed by atoms with Gasteiger partial charge in [-0.3, -0.25) is 4.57 Å². The van der Waals surface area contributed by atoms with Crippen LogP contribution in [0, 0.1) is 5.82 Å². The second-order valence-corrected chi connectivity index (χ2v) is 6.68. The Kier molecular flexibility index (Phi) is 3.77. The van der Waals surface area contributed by atoms with Crippen molar-refractivity contribution in [3.63, 3.8) is 0 Å². The number of pyridine rings is 1. The molecule has 28 heavy (non-hydrogen) atoms. The van der Waals surface area contributed by atoms with Crippen molar-refractivity contribution < 1.29 is 14.2 Å². The van der Waals surface area contributed by atoms with Crippen molar-refractivity contribution in [3.8, 4) is 23.0 Å². The van der Waals surface area contributed by atoms with Crippen LogP contribution in [0.15, 0.2) is 54.6 Å². The molecule has 2 aromatic heterocycles. The second-order valence-electron chi connectivity index (χ2n) is 6.68. The van der Waals surface area contributed by atoms with Gasteiger partial charge in [0.1, 0.15) is 23.4 Å². The molecule has 0 saturated carbocycles. The molecule has 0 spiro atoms. The number of imidazole rings is 1. The Labute approximate surface area is 160 Å². The molecule has 3 heterocycles. The van der Waals surface area contributed by atoms with Gasteiger partial charge >= 0.3 is 0 Å². The van der Waals surface area contributed by atoms with Gasteiger partial charge in [-0.1, -0.05) is 0 Å². The number of ether oxygens (including phenoxy) is 1. The fourth-order valence-corrected chi connectivity index (χ4v) is 3.56. The normalized spacial score (nSPS) is 15.5. The lowest BCUT2D eigenvalue weighted by atomic mass is 10.1. The van der Waals surface area contributed by atoms with E-state index in [-0.39, 0.29) is 5.82 Å². The lowest BCUT2D eigenvalue weighted by molar-refractivity contribution is 0.212. The Morgan fingerprint density at radius 3 is 2.71 bits per heavy atom. The minimum atomic E-state index is -0.584. The zero-order valence-corrected chi connectivity index (χ0v) is 15.1. The summed E-state index contributed by atoms with van der Waals surface area (Å²) >= 11 is 0. The molecule has 2 N–H and O–H groups in total. The number of nitrogens with zero attached hydrogens (tertiary/aromatic N) is 3. The molecule has 140 valence electrons. The Hall–Kier alpha value is -3.45. The summed E-state index contributed by atoms with van der Waals surface area (Å²) in [7, 11) is 1.57. The molecule has 1 atom stereocenters. The number of aromatic nitrogens is 3. The maximum atomic E-state index is 13.4. The molecule has 0 aliphatic carbocycles. The molecule has 0 bridgehead atoms. The Morgan fingerprint density at radius 1 is 1.11 bits per heavy atom. The number of nitrogens with one attached hydrogen (secondary N) is 1. The molecule has 1 unspecified atom stereocenters. The van der Waals surface area contributed by atoms with Crippen LogP contribution in [0.25, 0.3) is 28.2 Å². The predicted octanol–water partition coefficient (Wildman–Crippen LogP) is 3.52. The lowest BCUT2D eigenvalue weighted by Crippen LogP contribution is -2.12. The number of rotatable bonds is 3. The van der Waals surface area contributed by atoms with Crippen LogP contribution in [0.5, 0.6) is 5.88 Å². The molecule has 0 amide bonds. The minimum absolute atomic E-state index is 0.302. The van der Waals surface area contributed by atoms with Gasteiger partial charge in [0.25, 0.3) is 0 Å². The van der Waals surface area contributed by atoms with E-state index in [0.717, 1.165) is 22.5 Å². The monoisotopic (exact) mass is 376 g/mol. The molecule has 1 aliphatic rings. The van der Waals surface area contributed by atoms with Crippen LogP contribution in [0.1, 0.15) is 5.56 Å². The molecule has 4 aromatic rings. The summed E-state index contributed by atoms with van der Waals surface area (Å²) in [4.78, 5) is 9.31. The first-order valence-electron chi connectivity index (χ1n) is 8.90. The third kappa shape index (κ3) is 2.68. The van der Waals surface area contributed by atoms with E-state index >= 15 is 0 Å². The Balaban J connectivity index is 1.77. The SMILES string of the molecule is COc1ccc2nc(-c3ccc(F)cc3)n(-c3ccc4c(c3)CC(O)N4)c2n1. The van der Waals surface area contributed by atoms with Gasteiger partial charge in [0.15, 0.2) is 5.65 Å². The number of fused-ring (bicyclic) bond motifs is 2. The van der Waals surface area contributed by atoms with Crippen molar-refractivity contribution in [2.75, 3.05) is 12.4 Å². The summed E-state index contributed by atoms with van der Waals surface area (Å²) < 4.78 is 20.6. The number of methoxy groups -OCH3 is 1. The van der Waals surface area contributed by atoms with E-state index in [9.17, 15) is 9.50 Å². The van der Waals surface area contributed by atoms with Crippen LogP contribution in [0.4, 0.5) is 10.1 Å². The third-order valence-corrected chi connectivity index (χ3v) is 4.87. The van der Waals surface area contributed by atoms with Crippen LogP contribution in [-0.2, 0) is 6.42 Å². The number of hydrogen-bond donors (Lipinski definition) is 2. The number of anilines is 1. The number of aliphatic hydroxyl groups is 1. The lowest BCUT2D eigenvalue weighted by Gasteiger charge is -2.11. The van der Waals surface area contributed by atoms with Crippen LogP contribution in [-0.4, -0.2) is 33.0 Å². The van der Waals surface area contributed by atoms with Crippen molar-refractivity contribution in [2.24, 2.45) is 0 Å². The van der Waals surface area contributed by atoms with Gasteiger partial charge in [-0.05, 0) is 54.1 Å². The largest absolute Gasteiger partial charge is 0.481 e. The molecule has 7 heteroatoms. The highest BCUT2D eigenvalue weighted by molar-refractivity contribution is 5.81. The second kappa shape index (κ2) is 6.31. The van der Waals surface area contributed by atoms with E-state index in [2.05, 4.69) is 10.3 Å². The minimum Gasteiger partial charge on any atom is -0.481 e. The van der Waals surface area contributed by atoms with Gasteiger partial charge in [-0.15, -0.1) is 0 Å². The predicted molar refractivity (Wildman–Crippen MR) is 104 cm³/mol. The van der Waals surface area contributed by atoms with Crippen molar-refractivity contribution in [2.45, 2.75) is 12.6 Å². The summed E-state index contributed by atoms with van der Waals surface area (Å²) in [6.45, 7) is 0. The molecular formula is C21H17FN4O2. The van der Waals surface area contributed by atoms with E-state index in [1.807, 2.05) is 28.8 Å². The van der Waals surface area contributed by atoms with Gasteiger partial charge in [-0.2, -0.15) is 4.98 Å². The quantitative estimate of drug-likeness (QED) is 0.572. The highest BCUT2D eigenvalue weighted by Crippen LogP contribution is 2.32. The highest BCUT2D eigenvalue weighted by atomic mass is 19.1. The summed E-state index contributed by atoms with van der Waals surface area (Å²) in [5, 5.41) is 12.9. The highest BCUT2D eigenvalue weighted by Gasteiger charge is 2.21. The fourth-order valence-electron chi connectivity index (χ4n) is 3.56. The van der Waals surface area contributed by atoms with Crippen LogP contribution >= 0.6 is 0 Å². The number of benzene rings is 2. The summed E-state index contributed by atoms with van der Waals surface area (Å²) in [5.74, 6) is 0.837. The topological polar surface area (TPSA) is 72.2 Å². The molecule has 0 saturated heterocycles. The Morgan fingerprint density at radius 2 is 1.93 bits per heavy atom. The van der Waals surface area contributed by atoms with Crippen molar-refractivity contribution >= 4 is 16.9 Å². The fraction of sp³-hybridized carbons (Fsp3) is 0.143. The van der Waals surface area contributed by atoms with E-state index in [1.54, 1.807) is 25.3 Å². The summed E-state index contributed by atoms with van der Waals surface area (Å²) in [6, 6.07) is 15.7. The smallest absolute Gasteiger partial charge is 0.215 e. The third-order valence-electron chi connectivity index (χ3n) is 4.87. The van der Waals surface area contributed by atoms with E-state index in [4.69, 9.17) is 9.72 Å². The number of hydrogen-bond acceptors (Lipinski definition) is 5. The molecule has 2 aromatic carbocycles. The molecular weight excluding hydrogens is 359 g/mol. The van der Waals surface area contributed by atoms with Crippen molar-refractivity contribution in [3.05, 3.63) is 66.0 Å². The average molecular weight is 376 g/mol.